The lowest BCUT2D eigenvalue weighted by Crippen LogP contribution is -2.32. The maximum Gasteiger partial charge on any atom is 0.269 e. The Morgan fingerprint density at radius 2 is 1.79 bits per heavy atom. The first-order chi connectivity index (χ1) is 20.7. The van der Waals surface area contributed by atoms with Crippen LogP contribution in [0.4, 0.5) is 18.3 Å². The number of anilines is 1. The number of hydrogen-bond donors (Lipinski definition) is 0. The second kappa shape index (κ2) is 13.2. The van der Waals surface area contributed by atoms with Crippen molar-refractivity contribution in [2.75, 3.05) is 38.3 Å². The molecule has 2 atom stereocenters. The molecule has 0 radical (unpaired) electrons. The van der Waals surface area contributed by atoms with E-state index in [1.165, 1.54) is 26.4 Å². The molecular weight excluding hydrogens is 607 g/mol. The number of hydrogen-bond acceptors (Lipinski definition) is 9. The lowest BCUT2D eigenvalue weighted by atomic mass is 9.83. The Labute approximate surface area is 251 Å². The first kappa shape index (κ1) is 30.6. The van der Waals surface area contributed by atoms with Crippen molar-refractivity contribution in [1.29, 1.82) is 0 Å². The van der Waals surface area contributed by atoms with E-state index in [-0.39, 0.29) is 35.9 Å². The van der Waals surface area contributed by atoms with Gasteiger partial charge < -0.3 is 18.9 Å². The summed E-state index contributed by atoms with van der Waals surface area (Å²) in [5.41, 5.74) is 1.31. The van der Waals surface area contributed by atoms with E-state index in [2.05, 4.69) is 9.36 Å². The van der Waals surface area contributed by atoms with Gasteiger partial charge in [-0.05, 0) is 42.2 Å². The maximum atomic E-state index is 15.5. The molecular formula is C29H28F3N3O6S2. The predicted octanol–water partition coefficient (Wildman–Crippen LogP) is 5.57. The number of methoxy groups -OCH3 is 2. The molecule has 5 rings (SSSR count). The zero-order valence-corrected chi connectivity index (χ0v) is 24.8. The van der Waals surface area contributed by atoms with Gasteiger partial charge in [0.1, 0.15) is 34.4 Å². The zero-order chi connectivity index (χ0) is 30.6. The lowest BCUT2D eigenvalue weighted by molar-refractivity contribution is 0.0199. The van der Waals surface area contributed by atoms with Gasteiger partial charge in [-0.25, -0.2) is 30.9 Å². The largest absolute Gasteiger partial charge is 0.497 e. The highest BCUT2D eigenvalue weighted by atomic mass is 32.2. The van der Waals surface area contributed by atoms with Gasteiger partial charge in [-0.1, -0.05) is 12.1 Å². The van der Waals surface area contributed by atoms with Crippen LogP contribution in [0.2, 0.25) is 0 Å². The number of ether oxygens (including phenoxy) is 4. The Kier molecular flexibility index (Phi) is 9.37. The number of aromatic nitrogens is 2. The summed E-state index contributed by atoms with van der Waals surface area (Å²) in [4.78, 5) is 3.10. The van der Waals surface area contributed by atoms with E-state index in [4.69, 9.17) is 18.9 Å². The van der Waals surface area contributed by atoms with Crippen LogP contribution in [0, 0.1) is 23.4 Å². The quantitative estimate of drug-likeness (QED) is 0.211. The summed E-state index contributed by atoms with van der Waals surface area (Å²) in [6.45, 7) is 0.473. The van der Waals surface area contributed by atoms with Crippen molar-refractivity contribution in [3.8, 4) is 17.2 Å². The van der Waals surface area contributed by atoms with Crippen LogP contribution in [0.5, 0.6) is 17.2 Å². The van der Waals surface area contributed by atoms with Crippen molar-refractivity contribution in [2.24, 2.45) is 5.92 Å². The fraction of sp³-hybridized carbons (Fsp3) is 0.310. The van der Waals surface area contributed by atoms with Gasteiger partial charge in [0.15, 0.2) is 11.6 Å². The summed E-state index contributed by atoms with van der Waals surface area (Å²) < 4.78 is 98.3. The molecule has 1 saturated heterocycles. The smallest absolute Gasteiger partial charge is 0.269 e. The van der Waals surface area contributed by atoms with Crippen molar-refractivity contribution in [3.63, 3.8) is 0 Å². The van der Waals surface area contributed by atoms with E-state index in [0.29, 0.717) is 48.8 Å². The van der Waals surface area contributed by atoms with Crippen LogP contribution in [-0.4, -0.2) is 51.8 Å². The summed E-state index contributed by atoms with van der Waals surface area (Å²) in [7, 11) is -1.79. The number of nitrogens with zero attached hydrogens (tertiary/aromatic N) is 3. The average Bonchev–Trinajstić information content (AvgIpc) is 3.55. The Bertz CT molecular complexity index is 1660. The fourth-order valence-electron chi connectivity index (χ4n) is 4.91. The number of sulfonamides is 1. The third kappa shape index (κ3) is 6.71. The van der Waals surface area contributed by atoms with Gasteiger partial charge in [0, 0.05) is 47.8 Å². The Balaban J connectivity index is 1.40. The van der Waals surface area contributed by atoms with Crippen LogP contribution in [-0.2, 0) is 21.3 Å². The van der Waals surface area contributed by atoms with Gasteiger partial charge >= 0.3 is 0 Å². The first-order valence-corrected chi connectivity index (χ1v) is 15.4. The molecule has 0 aliphatic carbocycles. The molecule has 0 bridgehead atoms. The average molecular weight is 636 g/mol. The van der Waals surface area contributed by atoms with E-state index in [9.17, 15) is 12.8 Å². The molecule has 2 heterocycles. The second-order valence-corrected chi connectivity index (χ2v) is 12.3. The Morgan fingerprint density at radius 1 is 1.00 bits per heavy atom. The van der Waals surface area contributed by atoms with E-state index >= 15 is 8.78 Å². The highest BCUT2D eigenvalue weighted by Gasteiger charge is 2.33. The van der Waals surface area contributed by atoms with Crippen LogP contribution in [0.25, 0.3) is 0 Å². The fourth-order valence-corrected chi connectivity index (χ4v) is 7.10. The van der Waals surface area contributed by atoms with Crippen molar-refractivity contribution in [3.05, 3.63) is 89.5 Å². The standard InChI is InChI=1S/C29H28F3N3O6S2/c1-38-22-8-5-19(26(11-22)39-2)14-35(29-33-17-34-42-29)43(36,37)28-13-24(31)27(12-25(28)32)41-16-20-15-40-10-9-23(20)18-3-6-21(30)7-4-18/h3-8,11-13,17,20,23H,9-10,14-16H2,1-2H3/t20-,23-/m0/s1. The molecule has 1 aliphatic heterocycles. The Hall–Kier alpha value is -3.88. The maximum absolute atomic E-state index is 15.5. The van der Waals surface area contributed by atoms with Gasteiger partial charge in [0.05, 0.1) is 34.0 Å². The molecule has 1 aromatic heterocycles. The highest BCUT2D eigenvalue weighted by molar-refractivity contribution is 7.93. The molecule has 0 spiro atoms. The molecule has 43 heavy (non-hydrogen) atoms. The number of halogens is 3. The molecule has 1 fully saturated rings. The molecule has 1 aliphatic rings. The molecule has 9 nitrogen and oxygen atoms in total. The lowest BCUT2D eigenvalue weighted by Gasteiger charge is -2.32. The van der Waals surface area contributed by atoms with Crippen LogP contribution in [0.15, 0.2) is 65.8 Å². The minimum absolute atomic E-state index is 0.0291. The van der Waals surface area contributed by atoms with Crippen molar-refractivity contribution < 1.29 is 40.5 Å². The molecule has 0 amide bonds. The predicted molar refractivity (Wildman–Crippen MR) is 153 cm³/mol. The Morgan fingerprint density at radius 3 is 2.49 bits per heavy atom. The minimum Gasteiger partial charge on any atom is -0.497 e. The summed E-state index contributed by atoms with van der Waals surface area (Å²) in [5, 5.41) is -0.0536. The summed E-state index contributed by atoms with van der Waals surface area (Å²) in [5.74, 6) is -2.53. The molecule has 14 heteroatoms. The van der Waals surface area contributed by atoms with Crippen LogP contribution < -0.4 is 18.5 Å². The minimum atomic E-state index is -4.68. The van der Waals surface area contributed by atoms with Crippen molar-refractivity contribution in [1.82, 2.24) is 9.36 Å². The summed E-state index contributed by atoms with van der Waals surface area (Å²) >= 11 is 0.776. The van der Waals surface area contributed by atoms with Gasteiger partial charge in [-0.2, -0.15) is 4.37 Å². The van der Waals surface area contributed by atoms with E-state index in [1.807, 2.05) is 0 Å². The first-order valence-electron chi connectivity index (χ1n) is 13.2. The normalized spacial score (nSPS) is 17.0. The third-order valence-corrected chi connectivity index (χ3v) is 9.71. The van der Waals surface area contributed by atoms with Crippen LogP contribution in [0.1, 0.15) is 23.5 Å². The molecule has 0 N–H and O–H groups in total. The molecule has 3 aromatic carbocycles. The van der Waals surface area contributed by atoms with Gasteiger partial charge in [-0.15, -0.1) is 0 Å². The van der Waals surface area contributed by atoms with Crippen LogP contribution >= 0.6 is 11.5 Å². The zero-order valence-electron chi connectivity index (χ0n) is 23.2. The molecule has 0 saturated carbocycles. The third-order valence-electron chi connectivity index (χ3n) is 7.15. The molecule has 0 unspecified atom stereocenters. The SMILES string of the molecule is COc1ccc(CN(c2ncns2)S(=O)(=O)c2cc(F)c(OC[C@@H]3COCC[C@H]3c3ccc(F)cc3)cc2F)c(OC)c1. The van der Waals surface area contributed by atoms with Crippen LogP contribution in [0.3, 0.4) is 0 Å². The van der Waals surface area contributed by atoms with Gasteiger partial charge in [0.2, 0.25) is 5.13 Å². The van der Waals surface area contributed by atoms with Gasteiger partial charge in [0.25, 0.3) is 10.0 Å². The summed E-state index contributed by atoms with van der Waals surface area (Å²) in [6, 6.07) is 12.2. The van der Waals surface area contributed by atoms with E-state index < -0.39 is 32.3 Å². The molecule has 228 valence electrons. The number of benzene rings is 3. The summed E-state index contributed by atoms with van der Waals surface area (Å²) in [6.07, 6.45) is 1.81. The van der Waals surface area contributed by atoms with Crippen molar-refractivity contribution in [2.45, 2.75) is 23.8 Å². The second-order valence-electron chi connectivity index (χ2n) is 9.72. The highest BCUT2D eigenvalue weighted by Crippen LogP contribution is 2.36. The number of rotatable bonds is 11. The van der Waals surface area contributed by atoms with E-state index in [0.717, 1.165) is 27.7 Å². The van der Waals surface area contributed by atoms with E-state index in [1.54, 1.807) is 30.3 Å². The van der Waals surface area contributed by atoms with Gasteiger partial charge in [-0.3, -0.25) is 0 Å². The van der Waals surface area contributed by atoms with Crippen molar-refractivity contribution >= 4 is 26.7 Å². The topological polar surface area (TPSA) is 100 Å². The molecule has 4 aromatic rings. The monoisotopic (exact) mass is 635 g/mol.